The summed E-state index contributed by atoms with van der Waals surface area (Å²) in [5, 5.41) is 0. The molecule has 1 fully saturated rings. The van der Waals surface area contributed by atoms with Gasteiger partial charge in [0.2, 0.25) is 0 Å². The van der Waals surface area contributed by atoms with Gasteiger partial charge in [-0.1, -0.05) is 36.4 Å². The lowest BCUT2D eigenvalue weighted by Gasteiger charge is -2.32. The summed E-state index contributed by atoms with van der Waals surface area (Å²) in [5.74, 6) is 0. The highest BCUT2D eigenvalue weighted by molar-refractivity contribution is 6.62. The van der Waals surface area contributed by atoms with Gasteiger partial charge in [-0.2, -0.15) is 0 Å². The van der Waals surface area contributed by atoms with E-state index in [0.717, 1.165) is 16.7 Å². The van der Waals surface area contributed by atoms with E-state index in [9.17, 15) is 0 Å². The van der Waals surface area contributed by atoms with Crippen LogP contribution in [0.1, 0.15) is 27.7 Å². The molecule has 1 aliphatic rings. The fourth-order valence-electron chi connectivity index (χ4n) is 2.42. The van der Waals surface area contributed by atoms with Crippen molar-refractivity contribution >= 4 is 12.7 Å². The minimum Gasteiger partial charge on any atom is -0.398 e. The van der Waals surface area contributed by atoms with E-state index >= 15 is 0 Å². The number of nitrogens with zero attached hydrogens (tertiary/aromatic N) is 1. The highest BCUT2D eigenvalue weighted by Gasteiger charge is 2.52. The van der Waals surface area contributed by atoms with Gasteiger partial charge >= 0.3 is 7.12 Å². The molecule has 0 spiro atoms. The summed E-state index contributed by atoms with van der Waals surface area (Å²) in [4.78, 5) is 4.52. The molecule has 4 heteroatoms. The SMILES string of the molecule is CC1(C)OB(c2ncccc2-c2ccccc2)OC1(C)C. The molecule has 108 valence electrons. The number of benzene rings is 1. The number of hydrogen-bond acceptors (Lipinski definition) is 3. The fraction of sp³-hybridized carbons (Fsp3) is 0.353. The Morgan fingerprint density at radius 3 is 2.10 bits per heavy atom. The van der Waals surface area contributed by atoms with E-state index in [1.54, 1.807) is 6.20 Å². The first-order valence-electron chi connectivity index (χ1n) is 7.27. The number of pyridine rings is 1. The summed E-state index contributed by atoms with van der Waals surface area (Å²) in [5.41, 5.74) is 2.29. The zero-order valence-electron chi connectivity index (χ0n) is 13.0. The molecule has 1 aromatic carbocycles. The Labute approximate surface area is 126 Å². The zero-order chi connectivity index (χ0) is 15.1. The molecule has 1 aliphatic heterocycles. The Morgan fingerprint density at radius 1 is 0.857 bits per heavy atom. The maximum atomic E-state index is 6.13. The maximum Gasteiger partial charge on any atom is 0.515 e. The molecule has 0 atom stereocenters. The Bertz CT molecular complexity index is 624. The molecule has 3 nitrogen and oxygen atoms in total. The van der Waals surface area contributed by atoms with Gasteiger partial charge in [0.15, 0.2) is 0 Å². The summed E-state index contributed by atoms with van der Waals surface area (Å²) in [7, 11) is -0.439. The molecule has 0 N–H and O–H groups in total. The van der Waals surface area contributed by atoms with Gasteiger partial charge in [0.1, 0.15) is 0 Å². The van der Waals surface area contributed by atoms with Crippen molar-refractivity contribution in [3.05, 3.63) is 48.7 Å². The maximum absolute atomic E-state index is 6.13. The van der Waals surface area contributed by atoms with Gasteiger partial charge in [-0.25, -0.2) is 0 Å². The van der Waals surface area contributed by atoms with Crippen LogP contribution >= 0.6 is 0 Å². The lowest BCUT2D eigenvalue weighted by molar-refractivity contribution is 0.00578. The van der Waals surface area contributed by atoms with Crippen LogP contribution in [0.5, 0.6) is 0 Å². The van der Waals surface area contributed by atoms with Gasteiger partial charge in [-0.15, -0.1) is 0 Å². The van der Waals surface area contributed by atoms with Crippen molar-refractivity contribution in [1.29, 1.82) is 0 Å². The predicted octanol–water partition coefficient (Wildman–Crippen LogP) is 3.05. The number of rotatable bonds is 2. The van der Waals surface area contributed by atoms with Gasteiger partial charge < -0.3 is 9.31 Å². The molecule has 0 bridgehead atoms. The van der Waals surface area contributed by atoms with Crippen LogP contribution in [0.4, 0.5) is 0 Å². The quantitative estimate of drug-likeness (QED) is 0.793. The largest absolute Gasteiger partial charge is 0.515 e. The summed E-state index contributed by atoms with van der Waals surface area (Å²) >= 11 is 0. The van der Waals surface area contributed by atoms with Gasteiger partial charge in [0.05, 0.1) is 16.8 Å². The van der Waals surface area contributed by atoms with E-state index in [4.69, 9.17) is 9.31 Å². The molecule has 2 heterocycles. The summed E-state index contributed by atoms with van der Waals surface area (Å²) in [6.45, 7) is 8.21. The fourth-order valence-corrected chi connectivity index (χ4v) is 2.42. The molecular weight excluding hydrogens is 261 g/mol. The molecule has 0 radical (unpaired) electrons. The molecule has 1 saturated heterocycles. The van der Waals surface area contributed by atoms with Crippen molar-refractivity contribution in [2.45, 2.75) is 38.9 Å². The Balaban J connectivity index is 2.02. The van der Waals surface area contributed by atoms with Crippen molar-refractivity contribution in [2.24, 2.45) is 0 Å². The van der Waals surface area contributed by atoms with Crippen molar-refractivity contribution in [1.82, 2.24) is 4.98 Å². The monoisotopic (exact) mass is 281 g/mol. The minimum atomic E-state index is -0.439. The third-order valence-electron chi connectivity index (χ3n) is 4.40. The van der Waals surface area contributed by atoms with Crippen molar-refractivity contribution in [3.63, 3.8) is 0 Å². The van der Waals surface area contributed by atoms with Gasteiger partial charge in [-0.3, -0.25) is 4.98 Å². The lowest BCUT2D eigenvalue weighted by Crippen LogP contribution is -2.41. The van der Waals surface area contributed by atoms with Crippen molar-refractivity contribution in [3.8, 4) is 11.1 Å². The van der Waals surface area contributed by atoms with Crippen LogP contribution in [0, 0.1) is 0 Å². The summed E-state index contributed by atoms with van der Waals surface area (Å²) in [6, 6.07) is 14.2. The standard InChI is InChI=1S/C17H20BNO2/c1-16(2)17(3,4)21-18(20-16)15-14(11-8-12-19-15)13-9-6-5-7-10-13/h5-12H,1-4H3. The highest BCUT2D eigenvalue weighted by atomic mass is 16.7. The molecule has 0 unspecified atom stereocenters. The van der Waals surface area contributed by atoms with Gasteiger partial charge in [0.25, 0.3) is 0 Å². The van der Waals surface area contributed by atoms with E-state index in [1.807, 2.05) is 24.3 Å². The van der Waals surface area contributed by atoms with Crippen LogP contribution in [0.2, 0.25) is 0 Å². The third-order valence-corrected chi connectivity index (χ3v) is 4.40. The average Bonchev–Trinajstić information content (AvgIpc) is 2.68. The van der Waals surface area contributed by atoms with Crippen LogP contribution in [0.15, 0.2) is 48.7 Å². The molecule has 2 aromatic rings. The van der Waals surface area contributed by atoms with Crippen LogP contribution in [0.3, 0.4) is 0 Å². The van der Waals surface area contributed by atoms with E-state index in [0.29, 0.717) is 0 Å². The smallest absolute Gasteiger partial charge is 0.398 e. The second kappa shape index (κ2) is 4.97. The molecule has 1 aromatic heterocycles. The molecule has 0 saturated carbocycles. The molecule has 0 aliphatic carbocycles. The second-order valence-electron chi connectivity index (χ2n) is 6.39. The number of aromatic nitrogens is 1. The topological polar surface area (TPSA) is 31.4 Å². The van der Waals surface area contributed by atoms with Crippen LogP contribution in [-0.4, -0.2) is 23.3 Å². The average molecular weight is 281 g/mol. The highest BCUT2D eigenvalue weighted by Crippen LogP contribution is 2.37. The zero-order valence-corrected chi connectivity index (χ0v) is 13.0. The van der Waals surface area contributed by atoms with E-state index < -0.39 is 7.12 Å². The normalized spacial score (nSPS) is 19.7. The van der Waals surface area contributed by atoms with Crippen LogP contribution in [0.25, 0.3) is 11.1 Å². The van der Waals surface area contributed by atoms with Gasteiger partial charge in [0, 0.05) is 6.20 Å². The van der Waals surface area contributed by atoms with Crippen LogP contribution < -0.4 is 5.59 Å². The van der Waals surface area contributed by atoms with Crippen molar-refractivity contribution in [2.75, 3.05) is 0 Å². The minimum absolute atomic E-state index is 0.358. The molecular formula is C17H20BNO2. The Morgan fingerprint density at radius 2 is 1.48 bits per heavy atom. The molecule has 21 heavy (non-hydrogen) atoms. The third kappa shape index (κ3) is 2.50. The molecule has 0 amide bonds. The lowest BCUT2D eigenvalue weighted by atomic mass is 9.79. The first-order valence-corrected chi connectivity index (χ1v) is 7.27. The van der Waals surface area contributed by atoms with E-state index in [-0.39, 0.29) is 11.2 Å². The first kappa shape index (κ1) is 14.3. The van der Waals surface area contributed by atoms with E-state index in [2.05, 4.69) is 50.9 Å². The first-order chi connectivity index (χ1) is 9.91. The second-order valence-corrected chi connectivity index (χ2v) is 6.39. The van der Waals surface area contributed by atoms with E-state index in [1.165, 1.54) is 0 Å². The summed E-state index contributed by atoms with van der Waals surface area (Å²) < 4.78 is 12.3. The summed E-state index contributed by atoms with van der Waals surface area (Å²) in [6.07, 6.45) is 1.78. The van der Waals surface area contributed by atoms with Crippen LogP contribution in [-0.2, 0) is 9.31 Å². The predicted molar refractivity (Wildman–Crippen MR) is 85.4 cm³/mol. The number of hydrogen-bond donors (Lipinski definition) is 0. The Kier molecular flexibility index (Phi) is 3.38. The Hall–Kier alpha value is -1.65. The van der Waals surface area contributed by atoms with Gasteiger partial charge in [-0.05, 0) is 44.9 Å². The van der Waals surface area contributed by atoms with Crippen molar-refractivity contribution < 1.29 is 9.31 Å². The molecule has 3 rings (SSSR count).